The molecule has 2 aromatic heterocycles. The second-order valence-electron chi connectivity index (χ2n) is 6.45. The van der Waals surface area contributed by atoms with E-state index in [0.717, 1.165) is 0 Å². The monoisotopic (exact) mass is 428 g/mol. The summed E-state index contributed by atoms with van der Waals surface area (Å²) in [5.74, 6) is -0.929. The number of rotatable bonds is 6. The second kappa shape index (κ2) is 8.01. The van der Waals surface area contributed by atoms with Gasteiger partial charge in [0.15, 0.2) is 5.65 Å². The van der Waals surface area contributed by atoms with Crippen molar-refractivity contribution in [3.63, 3.8) is 0 Å². The number of nitrogens with zero attached hydrogens (tertiary/aromatic N) is 4. The Balaban J connectivity index is 1.68. The molecule has 0 radical (unpaired) electrons. The molecule has 1 unspecified atom stereocenters. The third-order valence-electron chi connectivity index (χ3n) is 4.49. The van der Waals surface area contributed by atoms with Crippen LogP contribution in [0.3, 0.4) is 0 Å². The number of carbonyl (C=O) groups is 2. The van der Waals surface area contributed by atoms with Gasteiger partial charge in [-0.2, -0.15) is 5.10 Å². The molecule has 1 amide bonds. The quantitative estimate of drug-likeness (QED) is 0.541. The first-order chi connectivity index (χ1) is 14.5. The number of aliphatic carboxylic acids is 1. The molecule has 1 aromatic carbocycles. The molecule has 30 heavy (non-hydrogen) atoms. The first-order valence-electron chi connectivity index (χ1n) is 8.85. The molecule has 10 nitrogen and oxygen atoms in total. The fourth-order valence-electron chi connectivity index (χ4n) is 3.21. The summed E-state index contributed by atoms with van der Waals surface area (Å²) in [6.07, 6.45) is 6.20. The predicted molar refractivity (Wildman–Crippen MR) is 107 cm³/mol. The number of carboxylic acids is 1. The normalized spacial score (nSPS) is 15.9. The molecule has 0 saturated carbocycles. The van der Waals surface area contributed by atoms with Gasteiger partial charge in [-0.3, -0.25) is 9.59 Å². The maximum atomic E-state index is 12.9. The Bertz CT molecular complexity index is 1160. The summed E-state index contributed by atoms with van der Waals surface area (Å²) in [5.41, 5.74) is 4.80. The lowest BCUT2D eigenvalue weighted by atomic mass is 10.0. The van der Waals surface area contributed by atoms with Crippen molar-refractivity contribution in [3.05, 3.63) is 70.9 Å². The highest BCUT2D eigenvalue weighted by molar-refractivity contribution is 6.30. The Morgan fingerprint density at radius 2 is 2.23 bits per heavy atom. The van der Waals surface area contributed by atoms with E-state index in [4.69, 9.17) is 21.4 Å². The van der Waals surface area contributed by atoms with Crippen molar-refractivity contribution in [3.8, 4) is 5.75 Å². The van der Waals surface area contributed by atoms with Crippen LogP contribution >= 0.6 is 11.6 Å². The molecule has 1 aliphatic rings. The Hall–Kier alpha value is -3.63. The van der Waals surface area contributed by atoms with Crippen LogP contribution in [0.5, 0.6) is 5.75 Å². The molecule has 154 valence electrons. The SMILES string of the molecule is COc1ccc(Cl)cc1C1NN(CC(=O)O)C=C1NC(=O)c1cnn2cccnc12. The van der Waals surface area contributed by atoms with E-state index in [-0.39, 0.29) is 12.1 Å². The van der Waals surface area contributed by atoms with E-state index in [9.17, 15) is 9.59 Å². The van der Waals surface area contributed by atoms with Crippen LogP contribution in [-0.4, -0.2) is 50.2 Å². The molecule has 3 heterocycles. The molecule has 0 aliphatic carbocycles. The van der Waals surface area contributed by atoms with E-state index in [1.807, 2.05) is 0 Å². The number of benzene rings is 1. The van der Waals surface area contributed by atoms with Crippen LogP contribution in [0.1, 0.15) is 22.0 Å². The zero-order valence-electron chi connectivity index (χ0n) is 15.7. The minimum atomic E-state index is -1.03. The van der Waals surface area contributed by atoms with Crippen LogP contribution < -0.4 is 15.5 Å². The highest BCUT2D eigenvalue weighted by Crippen LogP contribution is 2.34. The summed E-state index contributed by atoms with van der Waals surface area (Å²) in [5, 5.41) is 17.9. The summed E-state index contributed by atoms with van der Waals surface area (Å²) in [7, 11) is 1.52. The fraction of sp³-hybridized carbons (Fsp3) is 0.158. The number of carbonyl (C=O) groups excluding carboxylic acids is 1. The molecular weight excluding hydrogens is 412 g/mol. The average Bonchev–Trinajstić information content (AvgIpc) is 3.31. The summed E-state index contributed by atoms with van der Waals surface area (Å²) < 4.78 is 6.91. The van der Waals surface area contributed by atoms with E-state index < -0.39 is 17.9 Å². The van der Waals surface area contributed by atoms with E-state index in [0.29, 0.717) is 27.7 Å². The number of hydrogen-bond acceptors (Lipinski definition) is 7. The van der Waals surface area contributed by atoms with Crippen molar-refractivity contribution in [2.24, 2.45) is 0 Å². The predicted octanol–water partition coefficient (Wildman–Crippen LogP) is 1.61. The van der Waals surface area contributed by atoms with Crippen molar-refractivity contribution < 1.29 is 19.4 Å². The molecule has 0 spiro atoms. The number of carboxylic acid groups (broad SMARTS) is 1. The van der Waals surface area contributed by atoms with Crippen molar-refractivity contribution >= 4 is 29.1 Å². The molecule has 1 aliphatic heterocycles. The molecular formula is C19H17ClN6O4. The third kappa shape index (κ3) is 3.78. The van der Waals surface area contributed by atoms with Gasteiger partial charge < -0.3 is 20.2 Å². The molecule has 4 rings (SSSR count). The minimum absolute atomic E-state index is 0.282. The third-order valence-corrected chi connectivity index (χ3v) is 4.73. The number of fused-ring (bicyclic) bond motifs is 1. The molecule has 3 aromatic rings. The Morgan fingerprint density at radius 3 is 3.00 bits per heavy atom. The van der Waals surface area contributed by atoms with Crippen LogP contribution in [0.2, 0.25) is 5.02 Å². The van der Waals surface area contributed by atoms with Gasteiger partial charge in [0.2, 0.25) is 0 Å². The number of halogens is 1. The lowest BCUT2D eigenvalue weighted by Gasteiger charge is -2.21. The maximum Gasteiger partial charge on any atom is 0.324 e. The Kier molecular flexibility index (Phi) is 5.25. The summed E-state index contributed by atoms with van der Waals surface area (Å²) in [6, 6.07) is 6.20. The van der Waals surface area contributed by atoms with Crippen molar-refractivity contribution in [2.45, 2.75) is 6.04 Å². The zero-order valence-corrected chi connectivity index (χ0v) is 16.5. The van der Waals surface area contributed by atoms with Crippen LogP contribution in [0.4, 0.5) is 0 Å². The number of ether oxygens (including phenoxy) is 1. The number of nitrogens with one attached hydrogen (secondary N) is 2. The Morgan fingerprint density at radius 1 is 1.40 bits per heavy atom. The summed E-state index contributed by atoms with van der Waals surface area (Å²) in [4.78, 5) is 28.3. The number of aromatic nitrogens is 3. The molecule has 0 fully saturated rings. The number of amides is 1. The van der Waals surface area contributed by atoms with Crippen molar-refractivity contribution in [1.82, 2.24) is 30.3 Å². The van der Waals surface area contributed by atoms with Gasteiger partial charge >= 0.3 is 5.97 Å². The fourth-order valence-corrected chi connectivity index (χ4v) is 3.39. The van der Waals surface area contributed by atoms with Gasteiger partial charge in [-0.05, 0) is 24.3 Å². The molecule has 0 saturated heterocycles. The van der Waals surface area contributed by atoms with Gasteiger partial charge in [-0.25, -0.2) is 14.9 Å². The van der Waals surface area contributed by atoms with Gasteiger partial charge in [0, 0.05) is 29.2 Å². The van der Waals surface area contributed by atoms with Gasteiger partial charge in [-0.15, -0.1) is 0 Å². The molecule has 0 bridgehead atoms. The van der Waals surface area contributed by atoms with Crippen LogP contribution in [0.15, 0.2) is 54.8 Å². The van der Waals surface area contributed by atoms with Gasteiger partial charge in [0.1, 0.15) is 17.9 Å². The lowest BCUT2D eigenvalue weighted by molar-refractivity contribution is -0.138. The molecule has 1 atom stereocenters. The van der Waals surface area contributed by atoms with Crippen LogP contribution in [0.25, 0.3) is 5.65 Å². The van der Waals surface area contributed by atoms with E-state index in [1.54, 1.807) is 36.7 Å². The average molecular weight is 429 g/mol. The van der Waals surface area contributed by atoms with E-state index in [1.165, 1.54) is 29.0 Å². The van der Waals surface area contributed by atoms with Crippen molar-refractivity contribution in [1.29, 1.82) is 0 Å². The lowest BCUT2D eigenvalue weighted by Crippen LogP contribution is -2.36. The Labute approximate surface area is 175 Å². The summed E-state index contributed by atoms with van der Waals surface area (Å²) in [6.45, 7) is -0.309. The van der Waals surface area contributed by atoms with E-state index in [2.05, 4.69) is 20.8 Å². The first-order valence-corrected chi connectivity index (χ1v) is 9.23. The van der Waals surface area contributed by atoms with Gasteiger partial charge in [-0.1, -0.05) is 11.6 Å². The maximum absolute atomic E-state index is 12.9. The number of hydrogen-bond donors (Lipinski definition) is 3. The van der Waals surface area contributed by atoms with Gasteiger partial charge in [0.05, 0.1) is 25.0 Å². The van der Waals surface area contributed by atoms with Crippen LogP contribution in [-0.2, 0) is 4.79 Å². The highest BCUT2D eigenvalue weighted by Gasteiger charge is 2.31. The molecule has 3 N–H and O–H groups in total. The van der Waals surface area contributed by atoms with Crippen molar-refractivity contribution in [2.75, 3.05) is 13.7 Å². The van der Waals surface area contributed by atoms with Crippen LogP contribution in [0, 0.1) is 0 Å². The summed E-state index contributed by atoms with van der Waals surface area (Å²) >= 11 is 6.16. The second-order valence-corrected chi connectivity index (χ2v) is 6.89. The smallest absolute Gasteiger partial charge is 0.324 e. The largest absolute Gasteiger partial charge is 0.496 e. The number of hydrazine groups is 1. The zero-order chi connectivity index (χ0) is 21.3. The number of methoxy groups -OCH3 is 1. The first kappa shape index (κ1) is 19.7. The van der Waals surface area contributed by atoms with Gasteiger partial charge in [0.25, 0.3) is 5.91 Å². The minimum Gasteiger partial charge on any atom is -0.496 e. The highest BCUT2D eigenvalue weighted by atomic mass is 35.5. The standard InChI is InChI=1S/C19H17ClN6O4/c1-30-15-4-3-11(20)7-12(15)17-14(9-25(24-17)10-16(27)28)23-19(29)13-8-22-26-6-2-5-21-18(13)26/h2-9,17,24H,10H2,1H3,(H,23,29)(H,27,28). The topological polar surface area (TPSA) is 121 Å². The molecule has 11 heteroatoms. The van der Waals surface area contributed by atoms with E-state index >= 15 is 0 Å².